The van der Waals surface area contributed by atoms with Crippen LogP contribution in [0.2, 0.25) is 0 Å². The van der Waals surface area contributed by atoms with E-state index in [1.165, 1.54) is 0 Å². The van der Waals surface area contributed by atoms with E-state index in [0.29, 0.717) is 6.54 Å². The first-order chi connectivity index (χ1) is 5.77. The number of hydrogen-bond donors (Lipinski definition) is 0. The molecule has 1 aromatic rings. The number of benzene rings is 1. The largest absolute Gasteiger partial charge is 0.295 e. The Labute approximate surface area is 70.1 Å². The number of rotatable bonds is 1. The highest BCUT2D eigenvalue weighted by Gasteiger charge is 2.09. The normalized spacial score (nSPS) is 13.1. The molecule has 3 heteroatoms. The fourth-order valence-electron chi connectivity index (χ4n) is 1.22. The van der Waals surface area contributed by atoms with Crippen molar-refractivity contribution in [3.05, 3.63) is 29.3 Å². The maximum Gasteiger partial charge on any atom is 0.159 e. The van der Waals surface area contributed by atoms with Crippen LogP contribution in [0.1, 0.15) is 22.8 Å². The van der Waals surface area contributed by atoms with Gasteiger partial charge < -0.3 is 0 Å². The summed E-state index contributed by atoms with van der Waals surface area (Å²) in [5.74, 6) is 0.0877. The van der Waals surface area contributed by atoms with E-state index in [2.05, 4.69) is 10.2 Å². The first-order valence-electron chi connectivity index (χ1n) is 3.79. The van der Waals surface area contributed by atoms with E-state index < -0.39 is 0 Å². The highest BCUT2D eigenvalue weighted by Crippen LogP contribution is 2.27. The fourth-order valence-corrected chi connectivity index (χ4v) is 1.22. The Balaban J connectivity index is 2.49. The van der Waals surface area contributed by atoms with Gasteiger partial charge in [-0.05, 0) is 25.1 Å². The minimum Gasteiger partial charge on any atom is -0.295 e. The Morgan fingerprint density at radius 1 is 1.50 bits per heavy atom. The van der Waals surface area contributed by atoms with Crippen molar-refractivity contribution < 1.29 is 4.79 Å². The predicted octanol–water partition coefficient (Wildman–Crippen LogP) is 2.49. The zero-order valence-electron chi connectivity index (χ0n) is 6.74. The van der Waals surface area contributed by atoms with Gasteiger partial charge in [-0.2, -0.15) is 10.2 Å². The van der Waals surface area contributed by atoms with Crippen molar-refractivity contribution in [3.63, 3.8) is 0 Å². The predicted molar refractivity (Wildman–Crippen MR) is 44.7 cm³/mol. The molecule has 0 saturated carbocycles. The van der Waals surface area contributed by atoms with Crippen LogP contribution < -0.4 is 0 Å². The Hall–Kier alpha value is -1.51. The van der Waals surface area contributed by atoms with Crippen LogP contribution in [-0.4, -0.2) is 5.78 Å². The minimum atomic E-state index is 0.0877. The monoisotopic (exact) mass is 160 g/mol. The number of hydrogen-bond acceptors (Lipinski definition) is 3. The van der Waals surface area contributed by atoms with E-state index in [1.54, 1.807) is 13.0 Å². The van der Waals surface area contributed by atoms with Crippen molar-refractivity contribution in [1.82, 2.24) is 0 Å². The molecule has 1 heterocycles. The molecule has 0 N–H and O–H groups in total. The highest BCUT2D eigenvalue weighted by atomic mass is 16.1. The Bertz CT molecular complexity index is 369. The maximum absolute atomic E-state index is 11.0. The van der Waals surface area contributed by atoms with Gasteiger partial charge in [-0.15, -0.1) is 0 Å². The summed E-state index contributed by atoms with van der Waals surface area (Å²) in [7, 11) is 0. The number of azo groups is 1. The van der Waals surface area contributed by atoms with Crippen molar-refractivity contribution in [3.8, 4) is 0 Å². The number of ketones is 1. The third-order valence-electron chi connectivity index (χ3n) is 1.91. The van der Waals surface area contributed by atoms with Crippen LogP contribution in [0.15, 0.2) is 28.4 Å². The summed E-state index contributed by atoms with van der Waals surface area (Å²) in [6.45, 7) is 2.17. The van der Waals surface area contributed by atoms with E-state index >= 15 is 0 Å². The van der Waals surface area contributed by atoms with Gasteiger partial charge in [0.2, 0.25) is 0 Å². The number of Topliss-reactive ketones (excluding diaryl/α,β-unsaturated/α-hetero) is 1. The summed E-state index contributed by atoms with van der Waals surface area (Å²) in [6, 6.07) is 5.48. The number of nitrogens with zero attached hydrogens (tertiary/aromatic N) is 2. The van der Waals surface area contributed by atoms with E-state index in [1.807, 2.05) is 12.1 Å². The third-order valence-corrected chi connectivity index (χ3v) is 1.91. The zero-order chi connectivity index (χ0) is 8.55. The SMILES string of the molecule is CC(=O)c1ccc2c(c1)CN=N2. The molecule has 0 saturated heterocycles. The summed E-state index contributed by atoms with van der Waals surface area (Å²) in [5, 5.41) is 7.78. The molecule has 0 atom stereocenters. The minimum absolute atomic E-state index is 0.0877. The standard InChI is InChI=1S/C9H8N2O/c1-6(12)7-2-3-9-8(4-7)5-10-11-9/h2-4H,5H2,1H3. The molecule has 0 radical (unpaired) electrons. The summed E-state index contributed by atoms with van der Waals surface area (Å²) in [6.07, 6.45) is 0. The summed E-state index contributed by atoms with van der Waals surface area (Å²) >= 11 is 0. The summed E-state index contributed by atoms with van der Waals surface area (Å²) < 4.78 is 0. The second kappa shape index (κ2) is 2.52. The van der Waals surface area contributed by atoms with Gasteiger partial charge in [0.25, 0.3) is 0 Å². The number of carbonyl (C=O) groups is 1. The van der Waals surface area contributed by atoms with Gasteiger partial charge in [0.15, 0.2) is 5.78 Å². The molecule has 0 aromatic heterocycles. The van der Waals surface area contributed by atoms with Gasteiger partial charge in [0.1, 0.15) is 0 Å². The van der Waals surface area contributed by atoms with Crippen LogP contribution >= 0.6 is 0 Å². The lowest BCUT2D eigenvalue weighted by atomic mass is 10.1. The zero-order valence-corrected chi connectivity index (χ0v) is 6.74. The lowest BCUT2D eigenvalue weighted by molar-refractivity contribution is 0.101. The smallest absolute Gasteiger partial charge is 0.159 e. The average Bonchev–Trinajstić information content (AvgIpc) is 2.49. The van der Waals surface area contributed by atoms with Crippen molar-refractivity contribution in [1.29, 1.82) is 0 Å². The van der Waals surface area contributed by atoms with Crippen molar-refractivity contribution in [2.24, 2.45) is 10.2 Å². The Kier molecular flexibility index (Phi) is 1.50. The first-order valence-corrected chi connectivity index (χ1v) is 3.79. The van der Waals surface area contributed by atoms with Gasteiger partial charge >= 0.3 is 0 Å². The van der Waals surface area contributed by atoms with Gasteiger partial charge in [0.05, 0.1) is 12.2 Å². The molecular weight excluding hydrogens is 152 g/mol. The van der Waals surface area contributed by atoms with Crippen LogP contribution in [0, 0.1) is 0 Å². The molecule has 1 aliphatic heterocycles. The summed E-state index contributed by atoms with van der Waals surface area (Å²) in [4.78, 5) is 11.0. The molecule has 2 rings (SSSR count). The fraction of sp³-hybridized carbons (Fsp3) is 0.222. The molecule has 3 nitrogen and oxygen atoms in total. The van der Waals surface area contributed by atoms with Gasteiger partial charge in [-0.3, -0.25) is 4.79 Å². The molecular formula is C9H8N2O. The molecule has 0 unspecified atom stereocenters. The molecule has 0 bridgehead atoms. The molecule has 0 aliphatic carbocycles. The van der Waals surface area contributed by atoms with Crippen LogP contribution in [0.3, 0.4) is 0 Å². The van der Waals surface area contributed by atoms with Crippen molar-refractivity contribution in [2.75, 3.05) is 0 Å². The molecule has 1 aliphatic rings. The van der Waals surface area contributed by atoms with Crippen LogP contribution in [0.25, 0.3) is 0 Å². The van der Waals surface area contributed by atoms with E-state index in [4.69, 9.17) is 0 Å². The van der Waals surface area contributed by atoms with E-state index in [0.717, 1.165) is 16.8 Å². The summed E-state index contributed by atoms with van der Waals surface area (Å²) in [5.41, 5.74) is 2.67. The maximum atomic E-state index is 11.0. The topological polar surface area (TPSA) is 41.8 Å². The second-order valence-electron chi connectivity index (χ2n) is 2.80. The van der Waals surface area contributed by atoms with Crippen LogP contribution in [0.4, 0.5) is 5.69 Å². The quantitative estimate of drug-likeness (QED) is 0.582. The Morgan fingerprint density at radius 2 is 2.33 bits per heavy atom. The average molecular weight is 160 g/mol. The molecule has 12 heavy (non-hydrogen) atoms. The molecule has 1 aromatic carbocycles. The second-order valence-corrected chi connectivity index (χ2v) is 2.80. The van der Waals surface area contributed by atoms with Gasteiger partial charge in [-0.25, -0.2) is 0 Å². The van der Waals surface area contributed by atoms with Gasteiger partial charge in [-0.1, -0.05) is 0 Å². The van der Waals surface area contributed by atoms with Crippen molar-refractivity contribution >= 4 is 11.5 Å². The Morgan fingerprint density at radius 3 is 3.08 bits per heavy atom. The lowest BCUT2D eigenvalue weighted by Crippen LogP contribution is -1.92. The lowest BCUT2D eigenvalue weighted by Gasteiger charge is -1.97. The van der Waals surface area contributed by atoms with E-state index in [-0.39, 0.29) is 5.78 Å². The molecule has 60 valence electrons. The van der Waals surface area contributed by atoms with Crippen LogP contribution in [-0.2, 0) is 6.54 Å². The van der Waals surface area contributed by atoms with Crippen LogP contribution in [0.5, 0.6) is 0 Å². The van der Waals surface area contributed by atoms with Gasteiger partial charge in [0, 0.05) is 11.1 Å². The molecule has 0 fully saturated rings. The molecule has 0 amide bonds. The first kappa shape index (κ1) is 7.16. The molecule has 0 spiro atoms. The number of fused-ring (bicyclic) bond motifs is 1. The van der Waals surface area contributed by atoms with E-state index in [9.17, 15) is 4.79 Å². The third kappa shape index (κ3) is 1.03. The van der Waals surface area contributed by atoms with Crippen molar-refractivity contribution in [2.45, 2.75) is 13.5 Å². The number of carbonyl (C=O) groups excluding carboxylic acids is 1. The highest BCUT2D eigenvalue weighted by molar-refractivity contribution is 5.94.